The Kier molecular flexibility index (Phi) is 8.82. The average Bonchev–Trinajstić information content (AvgIpc) is 3.36. The fourth-order valence-corrected chi connectivity index (χ4v) is 6.01. The Hall–Kier alpha value is -4.18. The minimum absolute atomic E-state index is 0.0487. The summed E-state index contributed by atoms with van der Waals surface area (Å²) in [5.74, 6) is 1.72. The SMILES string of the molecule is Fc1cc(Cl)ccc1Cc1nccc(OC2CCN(Cc3nc4cc(/C=C/c5cccnc5)ccc4n3C[C@@H]3CCO3)CC2)n1. The second-order valence-corrected chi connectivity index (χ2v) is 12.0. The van der Waals surface area contributed by atoms with Crippen molar-refractivity contribution in [1.82, 2.24) is 29.4 Å². The van der Waals surface area contributed by atoms with Crippen molar-refractivity contribution in [2.75, 3.05) is 19.7 Å². The fraction of sp³-hybridized carbons (Fsp3) is 0.314. The van der Waals surface area contributed by atoms with Crippen molar-refractivity contribution in [1.29, 1.82) is 0 Å². The van der Waals surface area contributed by atoms with E-state index >= 15 is 0 Å². The van der Waals surface area contributed by atoms with Gasteiger partial charge < -0.3 is 14.0 Å². The van der Waals surface area contributed by atoms with E-state index in [1.165, 1.54) is 6.07 Å². The predicted molar refractivity (Wildman–Crippen MR) is 172 cm³/mol. The van der Waals surface area contributed by atoms with E-state index in [4.69, 9.17) is 26.1 Å². The largest absolute Gasteiger partial charge is 0.474 e. The molecule has 5 heterocycles. The third-order valence-electron chi connectivity index (χ3n) is 8.41. The molecule has 0 saturated carbocycles. The molecule has 1 atom stereocenters. The number of fused-ring (bicyclic) bond motifs is 1. The molecular formula is C35H34ClFN6O2. The molecule has 0 radical (unpaired) electrons. The summed E-state index contributed by atoms with van der Waals surface area (Å²) in [4.78, 5) is 20.6. The number of pyridine rings is 1. The van der Waals surface area contributed by atoms with Gasteiger partial charge in [-0.15, -0.1) is 0 Å². The molecule has 0 amide bonds. The minimum atomic E-state index is -0.364. The van der Waals surface area contributed by atoms with Crippen molar-refractivity contribution >= 4 is 34.8 Å². The second kappa shape index (κ2) is 13.4. The van der Waals surface area contributed by atoms with Crippen LogP contribution in [-0.4, -0.2) is 61.3 Å². The van der Waals surface area contributed by atoms with E-state index in [0.29, 0.717) is 22.3 Å². The zero-order valence-electron chi connectivity index (χ0n) is 24.9. The summed E-state index contributed by atoms with van der Waals surface area (Å²) < 4.78 is 28.7. The van der Waals surface area contributed by atoms with Gasteiger partial charge in [0, 0.05) is 55.8 Å². The van der Waals surface area contributed by atoms with Crippen LogP contribution in [0.4, 0.5) is 4.39 Å². The van der Waals surface area contributed by atoms with Gasteiger partial charge in [0.15, 0.2) is 0 Å². The van der Waals surface area contributed by atoms with Gasteiger partial charge in [-0.05, 0) is 66.3 Å². The minimum Gasteiger partial charge on any atom is -0.474 e. The van der Waals surface area contributed by atoms with Crippen molar-refractivity contribution < 1.29 is 13.9 Å². The second-order valence-electron chi connectivity index (χ2n) is 11.6. The maximum Gasteiger partial charge on any atom is 0.216 e. The van der Waals surface area contributed by atoms with Crippen LogP contribution >= 0.6 is 11.6 Å². The van der Waals surface area contributed by atoms with Gasteiger partial charge in [0.1, 0.15) is 23.6 Å². The molecule has 3 aromatic heterocycles. The van der Waals surface area contributed by atoms with Gasteiger partial charge in [-0.25, -0.2) is 14.4 Å². The lowest BCUT2D eigenvalue weighted by molar-refractivity contribution is -0.0592. The van der Waals surface area contributed by atoms with E-state index in [-0.39, 0.29) is 24.4 Å². The molecular weight excluding hydrogens is 591 g/mol. The molecule has 0 unspecified atom stereocenters. The summed E-state index contributed by atoms with van der Waals surface area (Å²) in [6.45, 7) is 4.18. The van der Waals surface area contributed by atoms with Crippen molar-refractivity contribution in [3.8, 4) is 5.88 Å². The standard InChI is InChI=1S/C35H34ClFN6O2/c36-27-7-6-26(30(37)20-27)19-33-39-14-9-35(41-33)45-28-10-15-42(16-11-28)23-34-40-31-18-24(3-4-25-2-1-13-38-21-25)5-8-32(31)43(34)22-29-12-17-44-29/h1-9,13-14,18,20-21,28-29H,10-12,15-17,19,22-23H2/b4-3+/t29-/m0/s1. The van der Waals surface area contributed by atoms with E-state index in [0.717, 1.165) is 80.0 Å². The van der Waals surface area contributed by atoms with Crippen LogP contribution in [0.2, 0.25) is 5.02 Å². The molecule has 2 aliphatic rings. The van der Waals surface area contributed by atoms with Gasteiger partial charge >= 0.3 is 0 Å². The van der Waals surface area contributed by atoms with Gasteiger partial charge in [-0.3, -0.25) is 9.88 Å². The highest BCUT2D eigenvalue weighted by Gasteiger charge is 2.25. The molecule has 8 nitrogen and oxygen atoms in total. The van der Waals surface area contributed by atoms with Crippen molar-refractivity contribution in [2.45, 2.75) is 51.0 Å². The lowest BCUT2D eigenvalue weighted by atomic mass is 10.1. The Morgan fingerprint density at radius 1 is 0.978 bits per heavy atom. The van der Waals surface area contributed by atoms with E-state index in [1.807, 2.05) is 18.3 Å². The van der Waals surface area contributed by atoms with E-state index < -0.39 is 0 Å². The molecule has 0 aliphatic carbocycles. The smallest absolute Gasteiger partial charge is 0.216 e. The molecule has 0 spiro atoms. The average molecular weight is 625 g/mol. The highest BCUT2D eigenvalue weighted by atomic mass is 35.5. The monoisotopic (exact) mass is 624 g/mol. The van der Waals surface area contributed by atoms with Gasteiger partial charge in [-0.1, -0.05) is 42.0 Å². The Balaban J connectivity index is 0.999. The number of hydrogen-bond acceptors (Lipinski definition) is 7. The molecule has 2 aromatic carbocycles. The first-order valence-corrected chi connectivity index (χ1v) is 15.8. The molecule has 2 aliphatic heterocycles. The van der Waals surface area contributed by atoms with Crippen LogP contribution in [0.1, 0.15) is 47.6 Å². The Morgan fingerprint density at radius 3 is 2.62 bits per heavy atom. The molecule has 2 fully saturated rings. The molecule has 0 N–H and O–H groups in total. The molecule has 230 valence electrons. The normalized spacial score (nSPS) is 17.6. The zero-order valence-corrected chi connectivity index (χ0v) is 25.6. The Bertz CT molecular complexity index is 1800. The van der Waals surface area contributed by atoms with Crippen LogP contribution in [-0.2, 0) is 24.2 Å². The van der Waals surface area contributed by atoms with E-state index in [2.05, 4.69) is 54.8 Å². The predicted octanol–water partition coefficient (Wildman–Crippen LogP) is 6.61. The number of rotatable bonds is 10. The van der Waals surface area contributed by atoms with Crippen LogP contribution in [0.15, 0.2) is 73.2 Å². The first kappa shape index (κ1) is 29.5. The fourth-order valence-electron chi connectivity index (χ4n) is 5.85. The third-order valence-corrected chi connectivity index (χ3v) is 8.65. The number of nitrogens with zero attached hydrogens (tertiary/aromatic N) is 6. The number of aromatic nitrogens is 5. The molecule has 10 heteroatoms. The summed E-state index contributed by atoms with van der Waals surface area (Å²) in [5.41, 5.74) is 4.79. The number of ether oxygens (including phenoxy) is 2. The summed E-state index contributed by atoms with van der Waals surface area (Å²) >= 11 is 5.89. The third kappa shape index (κ3) is 7.22. The maximum absolute atomic E-state index is 14.3. The first-order valence-electron chi connectivity index (χ1n) is 15.4. The maximum atomic E-state index is 14.3. The summed E-state index contributed by atoms with van der Waals surface area (Å²) in [6, 6.07) is 16.9. The number of benzene rings is 2. The lowest BCUT2D eigenvalue weighted by Crippen LogP contribution is -2.39. The van der Waals surface area contributed by atoms with Crippen LogP contribution in [0.25, 0.3) is 23.2 Å². The van der Waals surface area contributed by atoms with Crippen molar-refractivity contribution in [2.24, 2.45) is 0 Å². The molecule has 2 saturated heterocycles. The quantitative estimate of drug-likeness (QED) is 0.173. The zero-order chi connectivity index (χ0) is 30.6. The molecule has 7 rings (SSSR count). The lowest BCUT2D eigenvalue weighted by Gasteiger charge is -2.32. The summed E-state index contributed by atoms with van der Waals surface area (Å²) in [6.07, 6.45) is 12.9. The number of likely N-dealkylation sites (tertiary alicyclic amines) is 1. The van der Waals surface area contributed by atoms with Crippen molar-refractivity contribution in [3.05, 3.63) is 112 Å². The van der Waals surface area contributed by atoms with Crippen LogP contribution in [0, 0.1) is 5.82 Å². The van der Waals surface area contributed by atoms with Crippen molar-refractivity contribution in [3.63, 3.8) is 0 Å². The number of halogens is 2. The van der Waals surface area contributed by atoms with Gasteiger partial charge in [0.05, 0.1) is 30.2 Å². The molecule has 45 heavy (non-hydrogen) atoms. The Morgan fingerprint density at radius 2 is 1.84 bits per heavy atom. The van der Waals surface area contributed by atoms with Crippen LogP contribution in [0.5, 0.6) is 5.88 Å². The molecule has 5 aromatic rings. The highest BCUT2D eigenvalue weighted by Crippen LogP contribution is 2.26. The van der Waals surface area contributed by atoms with E-state index in [1.54, 1.807) is 30.6 Å². The van der Waals surface area contributed by atoms with Gasteiger partial charge in [0.2, 0.25) is 5.88 Å². The summed E-state index contributed by atoms with van der Waals surface area (Å²) in [5, 5.41) is 0.365. The summed E-state index contributed by atoms with van der Waals surface area (Å²) in [7, 11) is 0. The van der Waals surface area contributed by atoms with Gasteiger partial charge in [0.25, 0.3) is 0 Å². The number of imidazole rings is 1. The number of hydrogen-bond donors (Lipinski definition) is 0. The van der Waals surface area contributed by atoms with E-state index in [9.17, 15) is 4.39 Å². The number of piperidine rings is 1. The highest BCUT2D eigenvalue weighted by molar-refractivity contribution is 6.30. The van der Waals surface area contributed by atoms with Gasteiger partial charge in [-0.2, -0.15) is 4.98 Å². The van der Waals surface area contributed by atoms with Crippen LogP contribution < -0.4 is 4.74 Å². The molecule has 0 bridgehead atoms. The first-order chi connectivity index (χ1) is 22.1. The Labute approximate surface area is 266 Å². The topological polar surface area (TPSA) is 78.2 Å². The van der Waals surface area contributed by atoms with Crippen LogP contribution in [0.3, 0.4) is 0 Å².